The van der Waals surface area contributed by atoms with E-state index in [9.17, 15) is 13.2 Å². The van der Waals surface area contributed by atoms with Crippen molar-refractivity contribution in [2.75, 3.05) is 5.75 Å². The van der Waals surface area contributed by atoms with Crippen molar-refractivity contribution in [2.45, 2.75) is 55.5 Å². The smallest absolute Gasteiger partial charge is 0.251 e. The van der Waals surface area contributed by atoms with Crippen LogP contribution in [-0.4, -0.2) is 36.1 Å². The van der Waals surface area contributed by atoms with E-state index in [0.29, 0.717) is 21.9 Å². The van der Waals surface area contributed by atoms with E-state index in [1.165, 1.54) is 22.0 Å². The number of nitrogens with zero attached hydrogens (tertiary/aromatic N) is 2. The zero-order chi connectivity index (χ0) is 22.8. The zero-order valence-electron chi connectivity index (χ0n) is 18.0. The Morgan fingerprint density at radius 3 is 2.70 bits per heavy atom. The minimum atomic E-state index is -3.43. The van der Waals surface area contributed by atoms with E-state index in [-0.39, 0.29) is 28.6 Å². The molecule has 1 amide bonds. The van der Waals surface area contributed by atoms with Gasteiger partial charge in [0.25, 0.3) is 5.91 Å². The van der Waals surface area contributed by atoms with Gasteiger partial charge in [0.2, 0.25) is 0 Å². The molecule has 6 nitrogen and oxygen atoms in total. The van der Waals surface area contributed by atoms with Crippen LogP contribution in [0.15, 0.2) is 41.6 Å². The quantitative estimate of drug-likeness (QED) is 0.514. The van der Waals surface area contributed by atoms with Gasteiger partial charge in [0.05, 0.1) is 21.0 Å². The van der Waals surface area contributed by atoms with Crippen LogP contribution in [0.2, 0.25) is 5.02 Å². The summed E-state index contributed by atoms with van der Waals surface area (Å²) < 4.78 is 26.2. The first-order valence-corrected chi connectivity index (χ1v) is 14.2. The van der Waals surface area contributed by atoms with Gasteiger partial charge < -0.3 is 5.32 Å². The molecule has 3 aromatic rings. The third-order valence-corrected chi connectivity index (χ3v) is 10.4. The molecule has 3 aliphatic rings. The van der Waals surface area contributed by atoms with Crippen molar-refractivity contribution in [1.82, 2.24) is 15.3 Å². The summed E-state index contributed by atoms with van der Waals surface area (Å²) in [5, 5.41) is 4.98. The fourth-order valence-electron chi connectivity index (χ4n) is 5.34. The lowest BCUT2D eigenvalue weighted by molar-refractivity contribution is -0.0187. The average Bonchev–Trinajstić information content (AvgIpc) is 3.43. The topological polar surface area (TPSA) is 89.0 Å². The summed E-state index contributed by atoms with van der Waals surface area (Å²) in [5.74, 6) is 0.627. The fraction of sp³-hybridized carbons (Fsp3) is 0.458. The molecule has 6 rings (SSSR count). The third kappa shape index (κ3) is 4.17. The van der Waals surface area contributed by atoms with E-state index in [1.807, 2.05) is 18.2 Å². The Morgan fingerprint density at radius 1 is 1.15 bits per heavy atom. The SMILES string of the molecule is O=C(NC1CC2(C1)CC(c1nc3cc(Cl)ccc3s1)C2)c1ccnc(S(=O)(=O)CC2CC2)c1. The number of benzene rings is 1. The van der Waals surface area contributed by atoms with Crippen LogP contribution in [0.3, 0.4) is 0 Å². The fourth-order valence-corrected chi connectivity index (χ4v) is 8.21. The molecule has 0 bridgehead atoms. The summed E-state index contributed by atoms with van der Waals surface area (Å²) >= 11 is 7.83. The molecule has 172 valence electrons. The molecule has 3 saturated carbocycles. The number of sulfone groups is 1. The van der Waals surface area contributed by atoms with Crippen molar-refractivity contribution < 1.29 is 13.2 Å². The van der Waals surface area contributed by atoms with Crippen LogP contribution < -0.4 is 5.32 Å². The van der Waals surface area contributed by atoms with Crippen LogP contribution >= 0.6 is 22.9 Å². The van der Waals surface area contributed by atoms with Crippen LogP contribution in [0.1, 0.15) is 59.8 Å². The summed E-state index contributed by atoms with van der Waals surface area (Å²) in [6, 6.07) is 8.99. The first-order valence-electron chi connectivity index (χ1n) is 11.3. The Bertz CT molecular complexity index is 1350. The molecule has 1 N–H and O–H groups in total. The number of nitrogens with one attached hydrogen (secondary N) is 1. The molecular formula is C24H24ClN3O3S2. The molecule has 0 saturated heterocycles. The summed E-state index contributed by atoms with van der Waals surface area (Å²) in [6.07, 6.45) is 7.46. The summed E-state index contributed by atoms with van der Waals surface area (Å²) in [4.78, 5) is 21.5. The number of amides is 1. The van der Waals surface area contributed by atoms with Gasteiger partial charge in [-0.05, 0) is 80.2 Å². The van der Waals surface area contributed by atoms with Gasteiger partial charge in [-0.15, -0.1) is 11.3 Å². The summed E-state index contributed by atoms with van der Waals surface area (Å²) in [6.45, 7) is 0. The Labute approximate surface area is 201 Å². The second kappa shape index (κ2) is 7.75. The number of rotatable bonds is 6. The molecule has 1 spiro atoms. The first-order chi connectivity index (χ1) is 15.8. The highest BCUT2D eigenvalue weighted by molar-refractivity contribution is 7.91. The Kier molecular flexibility index (Phi) is 5.05. The lowest BCUT2D eigenvalue weighted by Gasteiger charge is -2.57. The van der Waals surface area contributed by atoms with E-state index in [1.54, 1.807) is 17.4 Å². The third-order valence-electron chi connectivity index (χ3n) is 7.24. The van der Waals surface area contributed by atoms with E-state index >= 15 is 0 Å². The average molecular weight is 502 g/mol. The van der Waals surface area contributed by atoms with E-state index in [0.717, 1.165) is 44.0 Å². The molecule has 3 fully saturated rings. The number of carbonyl (C=O) groups is 1. The van der Waals surface area contributed by atoms with Crippen LogP contribution in [0, 0.1) is 11.3 Å². The molecule has 0 radical (unpaired) electrons. The van der Waals surface area contributed by atoms with E-state index in [4.69, 9.17) is 16.6 Å². The number of carbonyl (C=O) groups excluding carboxylic acids is 1. The number of halogens is 1. The van der Waals surface area contributed by atoms with Crippen molar-refractivity contribution in [3.05, 3.63) is 52.1 Å². The van der Waals surface area contributed by atoms with Crippen LogP contribution in [-0.2, 0) is 9.84 Å². The van der Waals surface area contributed by atoms with Gasteiger partial charge in [-0.3, -0.25) is 4.79 Å². The maximum atomic E-state index is 12.7. The van der Waals surface area contributed by atoms with Crippen molar-refractivity contribution in [3.8, 4) is 0 Å². The molecule has 33 heavy (non-hydrogen) atoms. The Morgan fingerprint density at radius 2 is 1.94 bits per heavy atom. The minimum absolute atomic E-state index is 0.00564. The minimum Gasteiger partial charge on any atom is -0.349 e. The van der Waals surface area contributed by atoms with Crippen molar-refractivity contribution in [3.63, 3.8) is 0 Å². The highest BCUT2D eigenvalue weighted by Crippen LogP contribution is 2.62. The molecule has 2 heterocycles. The number of aromatic nitrogens is 2. The van der Waals surface area contributed by atoms with Crippen molar-refractivity contribution in [1.29, 1.82) is 0 Å². The number of pyridine rings is 1. The molecular weight excluding hydrogens is 478 g/mol. The number of hydrogen-bond donors (Lipinski definition) is 1. The molecule has 0 atom stereocenters. The molecule has 2 aromatic heterocycles. The first kappa shape index (κ1) is 21.5. The Balaban J connectivity index is 1.05. The van der Waals surface area contributed by atoms with Gasteiger partial charge >= 0.3 is 0 Å². The zero-order valence-corrected chi connectivity index (χ0v) is 20.3. The number of thiazole rings is 1. The molecule has 1 aromatic carbocycles. The molecule has 3 aliphatic carbocycles. The maximum Gasteiger partial charge on any atom is 0.251 e. The van der Waals surface area contributed by atoms with Gasteiger partial charge in [0.1, 0.15) is 0 Å². The number of hydrogen-bond acceptors (Lipinski definition) is 6. The second-order valence-corrected chi connectivity index (χ2v) is 13.4. The largest absolute Gasteiger partial charge is 0.349 e. The van der Waals surface area contributed by atoms with Crippen molar-refractivity contribution >= 4 is 48.9 Å². The van der Waals surface area contributed by atoms with E-state index in [2.05, 4.69) is 10.3 Å². The lowest BCUT2D eigenvalue weighted by atomic mass is 9.50. The highest BCUT2D eigenvalue weighted by Gasteiger charge is 2.54. The van der Waals surface area contributed by atoms with Gasteiger partial charge in [-0.2, -0.15) is 0 Å². The lowest BCUT2D eigenvalue weighted by Crippen LogP contribution is -2.55. The standard InChI is InChI=1S/C24H24ClN3O3S2/c25-17-3-4-20-19(8-17)28-23(32-20)16-9-24(10-16)11-18(12-24)27-22(29)15-5-6-26-21(7-15)33(30,31)13-14-1-2-14/h3-8,14,16,18H,1-2,9-13H2,(H,27,29). The van der Waals surface area contributed by atoms with Gasteiger partial charge in [-0.1, -0.05) is 11.6 Å². The normalized spacial score (nSPS) is 26.7. The van der Waals surface area contributed by atoms with Crippen LogP contribution in [0.5, 0.6) is 0 Å². The predicted molar refractivity (Wildman–Crippen MR) is 129 cm³/mol. The second-order valence-electron chi connectivity index (χ2n) is 9.96. The van der Waals surface area contributed by atoms with Gasteiger partial charge in [-0.25, -0.2) is 18.4 Å². The molecule has 0 unspecified atom stereocenters. The predicted octanol–water partition coefficient (Wildman–Crippen LogP) is 4.98. The monoisotopic (exact) mass is 501 g/mol. The Hall–Kier alpha value is -2.03. The summed E-state index contributed by atoms with van der Waals surface area (Å²) in [7, 11) is -3.43. The highest BCUT2D eigenvalue weighted by atomic mass is 35.5. The maximum absolute atomic E-state index is 12.7. The summed E-state index contributed by atoms with van der Waals surface area (Å²) in [5.41, 5.74) is 1.63. The van der Waals surface area contributed by atoms with Gasteiger partial charge in [0, 0.05) is 28.7 Å². The van der Waals surface area contributed by atoms with E-state index < -0.39 is 9.84 Å². The van der Waals surface area contributed by atoms with Gasteiger partial charge in [0.15, 0.2) is 14.9 Å². The molecule has 0 aliphatic heterocycles. The van der Waals surface area contributed by atoms with Crippen molar-refractivity contribution in [2.24, 2.45) is 11.3 Å². The number of fused-ring (bicyclic) bond motifs is 1. The molecule has 9 heteroatoms. The van der Waals surface area contributed by atoms with Crippen LogP contribution in [0.25, 0.3) is 10.2 Å². The van der Waals surface area contributed by atoms with Crippen LogP contribution in [0.4, 0.5) is 0 Å².